The summed E-state index contributed by atoms with van der Waals surface area (Å²) >= 11 is 0. The summed E-state index contributed by atoms with van der Waals surface area (Å²) in [7, 11) is -2.36. The second-order valence-electron chi connectivity index (χ2n) is 7.72. The molecule has 7 heteroatoms. The molecule has 32 heavy (non-hydrogen) atoms. The molecule has 0 aromatic heterocycles. The largest absolute Gasteiger partial charge is 0.497 e. The first kappa shape index (κ1) is 21.9. The Morgan fingerprint density at radius 1 is 0.938 bits per heavy atom. The van der Waals surface area contributed by atoms with Crippen LogP contribution >= 0.6 is 0 Å². The standard InChI is InChI=1S/C25H26N2O4S/c1-31-23-14-12-22(13-15-23)27(19-20-8-3-2-4-9-20)32(29,30)24-11-7-10-21(18-24)25(28)26-16-5-6-17-26/h2-4,7-15,18H,5-6,16-17,19H2,1H3. The lowest BCUT2D eigenvalue weighted by molar-refractivity contribution is 0.0792. The lowest BCUT2D eigenvalue weighted by Crippen LogP contribution is -2.31. The maximum absolute atomic E-state index is 13.8. The first-order valence-electron chi connectivity index (χ1n) is 10.6. The Morgan fingerprint density at radius 3 is 2.28 bits per heavy atom. The number of nitrogens with zero attached hydrogens (tertiary/aromatic N) is 2. The Kier molecular flexibility index (Phi) is 6.46. The zero-order valence-corrected chi connectivity index (χ0v) is 18.8. The Morgan fingerprint density at radius 2 is 1.62 bits per heavy atom. The Hall–Kier alpha value is -3.32. The first-order valence-corrected chi connectivity index (χ1v) is 12.0. The normalized spacial score (nSPS) is 13.7. The van der Waals surface area contributed by atoms with Crippen molar-refractivity contribution in [3.05, 3.63) is 90.0 Å². The molecule has 1 aliphatic rings. The quantitative estimate of drug-likeness (QED) is 0.538. The molecule has 0 atom stereocenters. The van der Waals surface area contributed by atoms with E-state index in [0.717, 1.165) is 18.4 Å². The summed E-state index contributed by atoms with van der Waals surface area (Å²) in [4.78, 5) is 14.7. The molecular formula is C25H26N2O4S. The van der Waals surface area contributed by atoms with E-state index >= 15 is 0 Å². The molecule has 0 aliphatic carbocycles. The molecule has 0 N–H and O–H groups in total. The molecule has 0 spiro atoms. The molecule has 0 radical (unpaired) electrons. The SMILES string of the molecule is COc1ccc(N(Cc2ccccc2)S(=O)(=O)c2cccc(C(=O)N3CCCC3)c2)cc1. The van der Waals surface area contributed by atoms with Crippen molar-refractivity contribution in [3.63, 3.8) is 0 Å². The minimum absolute atomic E-state index is 0.0919. The fourth-order valence-electron chi connectivity index (χ4n) is 3.83. The number of rotatable bonds is 7. The third-order valence-corrected chi connectivity index (χ3v) is 7.36. The van der Waals surface area contributed by atoms with Gasteiger partial charge in [0.25, 0.3) is 15.9 Å². The predicted molar refractivity (Wildman–Crippen MR) is 124 cm³/mol. The Bertz CT molecular complexity index is 1170. The summed E-state index contributed by atoms with van der Waals surface area (Å²) in [6.07, 6.45) is 1.96. The molecule has 1 heterocycles. The number of likely N-dealkylation sites (tertiary alicyclic amines) is 1. The van der Waals surface area contributed by atoms with Crippen LogP contribution in [-0.4, -0.2) is 39.4 Å². The molecule has 166 valence electrons. The van der Waals surface area contributed by atoms with Crippen molar-refractivity contribution in [1.82, 2.24) is 4.90 Å². The number of anilines is 1. The van der Waals surface area contributed by atoms with Crippen LogP contribution in [-0.2, 0) is 16.6 Å². The molecule has 1 saturated heterocycles. The molecule has 0 saturated carbocycles. The second-order valence-corrected chi connectivity index (χ2v) is 9.58. The van der Waals surface area contributed by atoms with Crippen molar-refractivity contribution in [2.24, 2.45) is 0 Å². The Balaban J connectivity index is 1.72. The van der Waals surface area contributed by atoms with Gasteiger partial charge in [-0.15, -0.1) is 0 Å². The van der Waals surface area contributed by atoms with Crippen molar-refractivity contribution in [3.8, 4) is 5.75 Å². The van der Waals surface area contributed by atoms with Crippen LogP contribution in [0.4, 0.5) is 5.69 Å². The van der Waals surface area contributed by atoms with E-state index in [2.05, 4.69) is 0 Å². The number of amides is 1. The summed E-state index contributed by atoms with van der Waals surface area (Å²) in [5.41, 5.74) is 1.77. The fraction of sp³-hybridized carbons (Fsp3) is 0.240. The van der Waals surface area contributed by atoms with E-state index in [-0.39, 0.29) is 17.3 Å². The average Bonchev–Trinajstić information content (AvgIpc) is 3.38. The highest BCUT2D eigenvalue weighted by molar-refractivity contribution is 7.92. The van der Waals surface area contributed by atoms with Crippen LogP contribution in [0, 0.1) is 0 Å². The van der Waals surface area contributed by atoms with Gasteiger partial charge in [-0.25, -0.2) is 8.42 Å². The van der Waals surface area contributed by atoms with Crippen molar-refractivity contribution in [2.45, 2.75) is 24.3 Å². The topological polar surface area (TPSA) is 66.9 Å². The highest BCUT2D eigenvalue weighted by Crippen LogP contribution is 2.28. The predicted octanol–water partition coefficient (Wildman–Crippen LogP) is 4.33. The second kappa shape index (κ2) is 9.44. The van der Waals surface area contributed by atoms with E-state index in [4.69, 9.17) is 4.74 Å². The monoisotopic (exact) mass is 450 g/mol. The highest BCUT2D eigenvalue weighted by atomic mass is 32.2. The van der Waals surface area contributed by atoms with Crippen LogP contribution < -0.4 is 9.04 Å². The van der Waals surface area contributed by atoms with Crippen LogP contribution in [0.2, 0.25) is 0 Å². The van der Waals surface area contributed by atoms with Gasteiger partial charge in [0, 0.05) is 18.7 Å². The van der Waals surface area contributed by atoms with E-state index in [1.165, 1.54) is 16.4 Å². The van der Waals surface area contributed by atoms with E-state index in [0.29, 0.717) is 30.1 Å². The average molecular weight is 451 g/mol. The van der Waals surface area contributed by atoms with Crippen LogP contribution in [0.1, 0.15) is 28.8 Å². The lowest BCUT2D eigenvalue weighted by atomic mass is 10.2. The number of carbonyl (C=O) groups is 1. The third-order valence-electron chi connectivity index (χ3n) is 5.59. The van der Waals surface area contributed by atoms with Gasteiger partial charge in [0.2, 0.25) is 0 Å². The van der Waals surface area contributed by atoms with Gasteiger partial charge in [-0.05, 0) is 60.9 Å². The number of ether oxygens (including phenoxy) is 1. The smallest absolute Gasteiger partial charge is 0.264 e. The van der Waals surface area contributed by atoms with E-state index in [1.807, 2.05) is 30.3 Å². The van der Waals surface area contributed by atoms with Crippen LogP contribution in [0.25, 0.3) is 0 Å². The van der Waals surface area contributed by atoms with Crippen molar-refractivity contribution in [1.29, 1.82) is 0 Å². The van der Waals surface area contributed by atoms with Gasteiger partial charge < -0.3 is 9.64 Å². The van der Waals surface area contributed by atoms with Crippen LogP contribution in [0.15, 0.2) is 83.8 Å². The Labute approximate surface area is 189 Å². The fourth-order valence-corrected chi connectivity index (χ4v) is 5.33. The zero-order valence-electron chi connectivity index (χ0n) is 18.0. The summed E-state index contributed by atoms with van der Waals surface area (Å²) in [6, 6.07) is 22.7. The van der Waals surface area contributed by atoms with Crippen LogP contribution in [0.3, 0.4) is 0 Å². The highest BCUT2D eigenvalue weighted by Gasteiger charge is 2.27. The van der Waals surface area contributed by atoms with Gasteiger partial charge in [-0.3, -0.25) is 9.10 Å². The first-order chi connectivity index (χ1) is 15.5. The molecule has 6 nitrogen and oxygen atoms in total. The number of hydrogen-bond donors (Lipinski definition) is 0. The van der Waals surface area contributed by atoms with Gasteiger partial charge in [-0.1, -0.05) is 36.4 Å². The summed E-state index contributed by atoms with van der Waals surface area (Å²) in [6.45, 7) is 1.59. The number of sulfonamides is 1. The van der Waals surface area contributed by atoms with Gasteiger partial charge in [-0.2, -0.15) is 0 Å². The molecule has 1 fully saturated rings. The minimum atomic E-state index is -3.93. The molecule has 4 rings (SSSR count). The molecule has 3 aromatic rings. The summed E-state index contributed by atoms with van der Waals surface area (Å²) in [5, 5.41) is 0. The number of hydrogen-bond acceptors (Lipinski definition) is 4. The number of methoxy groups -OCH3 is 1. The van der Waals surface area contributed by atoms with Gasteiger partial charge in [0.1, 0.15) is 5.75 Å². The third kappa shape index (κ3) is 4.62. The zero-order chi connectivity index (χ0) is 22.6. The minimum Gasteiger partial charge on any atom is -0.497 e. The van der Waals surface area contributed by atoms with Gasteiger partial charge in [0.15, 0.2) is 0 Å². The van der Waals surface area contributed by atoms with Crippen molar-refractivity contribution >= 4 is 21.6 Å². The maximum atomic E-state index is 13.8. The van der Waals surface area contributed by atoms with Crippen molar-refractivity contribution < 1.29 is 17.9 Å². The van der Waals surface area contributed by atoms with E-state index < -0.39 is 10.0 Å². The molecule has 1 amide bonds. The summed E-state index contributed by atoms with van der Waals surface area (Å²) < 4.78 is 34.1. The molecule has 0 bridgehead atoms. The molecule has 3 aromatic carbocycles. The lowest BCUT2D eigenvalue weighted by Gasteiger charge is -2.25. The number of carbonyl (C=O) groups excluding carboxylic acids is 1. The van der Waals surface area contributed by atoms with Gasteiger partial charge in [0.05, 0.1) is 24.2 Å². The maximum Gasteiger partial charge on any atom is 0.264 e. The van der Waals surface area contributed by atoms with E-state index in [1.54, 1.807) is 48.4 Å². The summed E-state index contributed by atoms with van der Waals surface area (Å²) in [5.74, 6) is 0.516. The molecule has 1 aliphatic heterocycles. The van der Waals surface area contributed by atoms with Crippen LogP contribution in [0.5, 0.6) is 5.75 Å². The number of benzene rings is 3. The molecular weight excluding hydrogens is 424 g/mol. The molecule has 0 unspecified atom stereocenters. The van der Waals surface area contributed by atoms with Crippen molar-refractivity contribution in [2.75, 3.05) is 24.5 Å². The van der Waals surface area contributed by atoms with Gasteiger partial charge >= 0.3 is 0 Å². The van der Waals surface area contributed by atoms with E-state index in [9.17, 15) is 13.2 Å².